The number of nitrogens with one attached hydrogen (secondary N) is 1. The van der Waals surface area contributed by atoms with Gasteiger partial charge in [0.1, 0.15) is 11.4 Å². The number of ether oxygens (including phenoxy) is 2. The highest BCUT2D eigenvalue weighted by molar-refractivity contribution is 7.87. The van der Waals surface area contributed by atoms with E-state index in [2.05, 4.69) is 21.4 Å². The molecule has 8 rings (SSSR count). The average Bonchev–Trinajstić information content (AvgIpc) is 3.34. The number of hydrogen-bond donors (Lipinski definition) is 1. The maximum atomic E-state index is 15.0. The van der Waals surface area contributed by atoms with E-state index in [1.165, 1.54) is 26.1 Å². The number of carbonyl (C=O) groups excluding carboxylic acids is 3. The summed E-state index contributed by atoms with van der Waals surface area (Å²) in [5.41, 5.74) is 4.23. The number of rotatable bonds is 6. The van der Waals surface area contributed by atoms with Gasteiger partial charge in [-0.1, -0.05) is 25.3 Å². The molecule has 2 saturated carbocycles. The molecule has 3 aliphatic heterocycles. The van der Waals surface area contributed by atoms with Crippen molar-refractivity contribution < 1.29 is 32.3 Å². The average molecular weight is 732 g/mol. The van der Waals surface area contributed by atoms with E-state index in [0.29, 0.717) is 32.0 Å². The molecule has 2 aromatic carbocycles. The molecule has 2 saturated heterocycles. The van der Waals surface area contributed by atoms with E-state index in [1.54, 1.807) is 24.1 Å². The van der Waals surface area contributed by atoms with Crippen LogP contribution in [-0.4, -0.2) is 97.0 Å². The number of piperazine rings is 1. The van der Waals surface area contributed by atoms with Crippen LogP contribution >= 0.6 is 0 Å². The van der Waals surface area contributed by atoms with Gasteiger partial charge in [-0.2, -0.15) is 12.7 Å². The lowest BCUT2D eigenvalue weighted by molar-refractivity contribution is -0.140. The first-order valence-electron chi connectivity index (χ1n) is 18.5. The maximum Gasteiger partial charge on any atom is 0.410 e. The Morgan fingerprint density at radius 3 is 2.33 bits per heavy atom. The normalized spacial score (nSPS) is 25.4. The molecule has 3 aromatic rings. The second-order valence-electron chi connectivity index (χ2n) is 16.6. The van der Waals surface area contributed by atoms with E-state index in [0.717, 1.165) is 69.9 Å². The number of carbonyl (C=O) groups is 3. The van der Waals surface area contributed by atoms with E-state index in [4.69, 9.17) is 9.47 Å². The molecular weight excluding hydrogens is 683 g/mol. The summed E-state index contributed by atoms with van der Waals surface area (Å²) >= 11 is 0. The van der Waals surface area contributed by atoms with Crippen molar-refractivity contribution in [1.29, 1.82) is 0 Å². The Kier molecular flexibility index (Phi) is 8.22. The third-order valence-electron chi connectivity index (χ3n) is 12.0. The van der Waals surface area contributed by atoms with Crippen LogP contribution in [0, 0.1) is 5.41 Å². The van der Waals surface area contributed by atoms with Crippen LogP contribution in [-0.2, 0) is 26.3 Å². The minimum atomic E-state index is -4.00. The quantitative estimate of drug-likeness (QED) is 0.349. The van der Waals surface area contributed by atoms with E-state index in [9.17, 15) is 18.0 Å². The Bertz CT molecular complexity index is 2100. The molecule has 5 aliphatic rings. The van der Waals surface area contributed by atoms with Gasteiger partial charge >= 0.3 is 16.3 Å². The van der Waals surface area contributed by atoms with E-state index in [1.807, 2.05) is 37.8 Å². The number of hydrogen-bond acceptors (Lipinski definition) is 7. The van der Waals surface area contributed by atoms with Gasteiger partial charge in [-0.05, 0) is 93.8 Å². The Morgan fingerprint density at radius 2 is 1.67 bits per heavy atom. The monoisotopic (exact) mass is 731 g/mol. The molecule has 0 spiro atoms. The summed E-state index contributed by atoms with van der Waals surface area (Å²) in [4.78, 5) is 45.3. The summed E-state index contributed by atoms with van der Waals surface area (Å²) in [6.07, 6.45) is 6.66. The molecule has 3 amide bonds. The van der Waals surface area contributed by atoms with E-state index < -0.39 is 27.1 Å². The zero-order chi connectivity index (χ0) is 36.9. The van der Waals surface area contributed by atoms with E-state index >= 15 is 4.79 Å². The third-order valence-corrected chi connectivity index (χ3v) is 13.4. The maximum absolute atomic E-state index is 15.0. The lowest BCUT2D eigenvalue weighted by atomic mass is 9.81. The van der Waals surface area contributed by atoms with Crippen LogP contribution in [0.3, 0.4) is 0 Å². The molecule has 2 aliphatic carbocycles. The number of fused-ring (bicyclic) bond motifs is 9. The summed E-state index contributed by atoms with van der Waals surface area (Å²) in [6.45, 7) is 6.94. The first-order valence-corrected chi connectivity index (χ1v) is 20.0. The predicted octanol–water partition coefficient (Wildman–Crippen LogP) is 5.61. The van der Waals surface area contributed by atoms with Gasteiger partial charge < -0.3 is 23.8 Å². The second kappa shape index (κ2) is 12.2. The molecule has 13 heteroatoms. The third kappa shape index (κ3) is 5.66. The van der Waals surface area contributed by atoms with Crippen LogP contribution in [0.2, 0.25) is 0 Å². The van der Waals surface area contributed by atoms with Gasteiger partial charge in [-0.25, -0.2) is 9.52 Å². The van der Waals surface area contributed by atoms with Crippen LogP contribution in [0.4, 0.5) is 4.79 Å². The number of benzene rings is 2. The molecule has 1 N–H and O–H groups in total. The van der Waals surface area contributed by atoms with Gasteiger partial charge in [0.15, 0.2) is 0 Å². The largest absolute Gasteiger partial charge is 0.497 e. The molecule has 1 aromatic heterocycles. The Balaban J connectivity index is 1.23. The van der Waals surface area contributed by atoms with Gasteiger partial charge in [0, 0.05) is 61.7 Å². The summed E-state index contributed by atoms with van der Waals surface area (Å²) in [6, 6.07) is 11.5. The van der Waals surface area contributed by atoms with Gasteiger partial charge in [-0.15, -0.1) is 0 Å². The van der Waals surface area contributed by atoms with Crippen LogP contribution in [0.1, 0.15) is 99.0 Å². The SMILES string of the molecule is COc1ccc2c(c1)C1CC1(C(=O)N1C[C@@H]3C[C@@H]1CN3C(=O)OC(C)(C)C)Cn1c-2c(C2CCCCC2)c2ccc(C(=O)NS(=O)(=O)N(C)C)cc21. The molecule has 52 heavy (non-hydrogen) atoms. The zero-order valence-corrected chi connectivity index (χ0v) is 31.7. The fourth-order valence-corrected chi connectivity index (χ4v) is 9.97. The summed E-state index contributed by atoms with van der Waals surface area (Å²) in [7, 11) is 0.405. The number of amides is 3. The molecule has 4 atom stereocenters. The Labute approximate surface area is 305 Å². The summed E-state index contributed by atoms with van der Waals surface area (Å²) < 4.78 is 42.1. The Morgan fingerprint density at radius 1 is 0.962 bits per heavy atom. The lowest BCUT2D eigenvalue weighted by Crippen LogP contribution is -2.53. The highest BCUT2D eigenvalue weighted by Crippen LogP contribution is 2.66. The topological polar surface area (TPSA) is 130 Å². The van der Waals surface area contributed by atoms with Crippen molar-refractivity contribution in [2.75, 3.05) is 34.3 Å². The molecule has 0 radical (unpaired) electrons. The molecule has 278 valence electrons. The van der Waals surface area contributed by atoms with Crippen molar-refractivity contribution in [3.63, 3.8) is 0 Å². The fourth-order valence-electron chi connectivity index (χ4n) is 9.44. The Hall–Kier alpha value is -4.10. The van der Waals surface area contributed by atoms with Gasteiger partial charge in [0.2, 0.25) is 5.91 Å². The zero-order valence-electron chi connectivity index (χ0n) is 30.9. The summed E-state index contributed by atoms with van der Waals surface area (Å²) in [5, 5.41) is 1.03. The van der Waals surface area contributed by atoms with Crippen LogP contribution in [0.5, 0.6) is 5.75 Å². The van der Waals surface area contributed by atoms with Crippen molar-refractivity contribution in [2.45, 2.75) is 102 Å². The first-order chi connectivity index (χ1) is 24.6. The smallest absolute Gasteiger partial charge is 0.410 e. The lowest BCUT2D eigenvalue weighted by Gasteiger charge is -2.37. The highest BCUT2D eigenvalue weighted by atomic mass is 32.2. The molecule has 12 nitrogen and oxygen atoms in total. The minimum absolute atomic E-state index is 0.0305. The molecule has 4 heterocycles. The van der Waals surface area contributed by atoms with Gasteiger partial charge in [0.25, 0.3) is 5.91 Å². The van der Waals surface area contributed by atoms with Crippen molar-refractivity contribution in [3.8, 4) is 17.0 Å². The molecule has 2 unspecified atom stereocenters. The van der Waals surface area contributed by atoms with Crippen LogP contribution in [0.15, 0.2) is 36.4 Å². The number of likely N-dealkylation sites (tertiary alicyclic amines) is 2. The highest BCUT2D eigenvalue weighted by Gasteiger charge is 2.65. The minimum Gasteiger partial charge on any atom is -0.497 e. The molecule has 2 bridgehead atoms. The van der Waals surface area contributed by atoms with Crippen molar-refractivity contribution in [3.05, 3.63) is 53.1 Å². The second-order valence-corrected chi connectivity index (χ2v) is 18.5. The molecular formula is C39H49N5O7S. The number of aromatic nitrogens is 1. The first kappa shape index (κ1) is 35.0. The van der Waals surface area contributed by atoms with Gasteiger partial charge in [-0.3, -0.25) is 9.59 Å². The number of methoxy groups -OCH3 is 1. The van der Waals surface area contributed by atoms with Crippen molar-refractivity contribution in [1.82, 2.24) is 23.4 Å². The fraction of sp³-hybridized carbons (Fsp3) is 0.564. The number of nitrogens with zero attached hydrogens (tertiary/aromatic N) is 4. The molecule has 4 fully saturated rings. The van der Waals surface area contributed by atoms with Crippen LogP contribution < -0.4 is 9.46 Å². The van der Waals surface area contributed by atoms with E-state index in [-0.39, 0.29) is 35.6 Å². The van der Waals surface area contributed by atoms with Crippen LogP contribution in [0.25, 0.3) is 22.2 Å². The van der Waals surface area contributed by atoms with Gasteiger partial charge in [0.05, 0.1) is 30.3 Å². The van der Waals surface area contributed by atoms with Crippen molar-refractivity contribution >= 4 is 39.0 Å². The van der Waals surface area contributed by atoms with Crippen molar-refractivity contribution in [2.24, 2.45) is 5.41 Å². The predicted molar refractivity (Wildman–Crippen MR) is 196 cm³/mol. The standard InChI is InChI=1S/C39H49N5O7S/c1-38(2,3)51-37(47)43-21-25-17-26(43)20-42(25)36(46)39-19-31(39)30-18-27(50-6)13-15-28(30)34-33(23-10-8-7-9-11-23)29-14-12-24(16-32(29)44(34)22-39)35(45)40-52(48,49)41(4)5/h12-16,18,23,25-26,31H,7-11,17,19-22H2,1-6H3,(H,40,45)/t25-,26+,31?,39?/m1/s1. The summed E-state index contributed by atoms with van der Waals surface area (Å²) in [5.74, 6) is 0.414.